The number of rotatable bonds is 8. The second-order valence-electron chi connectivity index (χ2n) is 7.65. The molecule has 31 heavy (non-hydrogen) atoms. The molecule has 1 heterocycles. The van der Waals surface area contributed by atoms with Crippen LogP contribution in [0.5, 0.6) is 11.5 Å². The Morgan fingerprint density at radius 1 is 1.13 bits per heavy atom. The van der Waals surface area contributed by atoms with Crippen LogP contribution in [0.25, 0.3) is 0 Å². The highest BCUT2D eigenvalue weighted by Crippen LogP contribution is 2.31. The molecule has 0 saturated carbocycles. The molecule has 1 fully saturated rings. The molecule has 168 valence electrons. The van der Waals surface area contributed by atoms with Gasteiger partial charge in [0.1, 0.15) is 11.5 Å². The summed E-state index contributed by atoms with van der Waals surface area (Å²) in [6, 6.07) is 10.2. The minimum absolute atomic E-state index is 0.124. The van der Waals surface area contributed by atoms with Gasteiger partial charge in [-0.1, -0.05) is 19.9 Å². The Balaban J connectivity index is 1.72. The van der Waals surface area contributed by atoms with Crippen LogP contribution >= 0.6 is 15.9 Å². The Bertz CT molecular complexity index is 1050. The number of nitrogens with zero attached hydrogens (tertiary/aromatic N) is 1. The van der Waals surface area contributed by atoms with Crippen molar-refractivity contribution in [3.63, 3.8) is 0 Å². The number of sulfonamides is 1. The predicted octanol–water partition coefficient (Wildman–Crippen LogP) is 4.38. The molecule has 1 N–H and O–H groups in total. The minimum atomic E-state index is -3.61. The van der Waals surface area contributed by atoms with Crippen LogP contribution in [0, 0.1) is 0 Å². The van der Waals surface area contributed by atoms with Crippen LogP contribution < -0.4 is 14.8 Å². The van der Waals surface area contributed by atoms with Crippen molar-refractivity contribution in [3.8, 4) is 11.5 Å². The molecule has 2 aromatic rings. The van der Waals surface area contributed by atoms with Gasteiger partial charge >= 0.3 is 0 Å². The molecule has 0 spiro atoms. The maximum atomic E-state index is 12.8. The number of amides is 1. The highest BCUT2D eigenvalue weighted by molar-refractivity contribution is 9.10. The van der Waals surface area contributed by atoms with Crippen molar-refractivity contribution in [1.29, 1.82) is 0 Å². The fourth-order valence-corrected chi connectivity index (χ4v) is 5.40. The molecule has 9 heteroatoms. The number of ether oxygens (including phenoxy) is 2. The van der Waals surface area contributed by atoms with Gasteiger partial charge in [-0.3, -0.25) is 4.79 Å². The van der Waals surface area contributed by atoms with Crippen LogP contribution in [0.2, 0.25) is 0 Å². The lowest BCUT2D eigenvalue weighted by molar-refractivity contribution is -0.118. The van der Waals surface area contributed by atoms with E-state index in [2.05, 4.69) is 35.1 Å². The molecular weight excluding hydrogens is 484 g/mol. The second kappa shape index (κ2) is 10.0. The second-order valence-corrected chi connectivity index (χ2v) is 10.4. The Morgan fingerprint density at radius 2 is 1.81 bits per heavy atom. The molecular formula is C22H27BrN2O5S. The van der Waals surface area contributed by atoms with Crippen LogP contribution in [0.1, 0.15) is 38.2 Å². The number of carbonyl (C=O) groups excluding carboxylic acids is 1. The van der Waals surface area contributed by atoms with Gasteiger partial charge in [0.2, 0.25) is 10.0 Å². The molecule has 1 saturated heterocycles. The van der Waals surface area contributed by atoms with Gasteiger partial charge < -0.3 is 14.8 Å². The molecule has 1 amide bonds. The van der Waals surface area contributed by atoms with E-state index in [0.29, 0.717) is 30.5 Å². The quantitative estimate of drug-likeness (QED) is 0.569. The fraction of sp³-hybridized carbons (Fsp3) is 0.409. The van der Waals surface area contributed by atoms with Crippen molar-refractivity contribution in [3.05, 3.63) is 46.4 Å². The summed E-state index contributed by atoms with van der Waals surface area (Å²) in [5, 5.41) is 2.70. The minimum Gasteiger partial charge on any atom is -0.495 e. The van der Waals surface area contributed by atoms with Crippen LogP contribution in [0.3, 0.4) is 0 Å². The number of carbonyl (C=O) groups is 1. The van der Waals surface area contributed by atoms with Crippen molar-refractivity contribution in [1.82, 2.24) is 4.31 Å². The van der Waals surface area contributed by atoms with Crippen LogP contribution in [0.4, 0.5) is 5.69 Å². The fourth-order valence-electron chi connectivity index (χ4n) is 3.35. The van der Waals surface area contributed by atoms with Crippen molar-refractivity contribution >= 4 is 37.5 Å². The normalized spacial score (nSPS) is 14.6. The van der Waals surface area contributed by atoms with Crippen molar-refractivity contribution in [2.75, 3.05) is 32.1 Å². The summed E-state index contributed by atoms with van der Waals surface area (Å²) in [7, 11) is -2.14. The average Bonchev–Trinajstić information content (AvgIpc) is 3.28. The van der Waals surface area contributed by atoms with Gasteiger partial charge in [0, 0.05) is 13.1 Å². The van der Waals surface area contributed by atoms with Crippen molar-refractivity contribution < 1.29 is 22.7 Å². The third-order valence-electron chi connectivity index (χ3n) is 5.13. The summed E-state index contributed by atoms with van der Waals surface area (Å²) >= 11 is 3.47. The van der Waals surface area contributed by atoms with E-state index in [-0.39, 0.29) is 17.2 Å². The number of anilines is 1. The first kappa shape index (κ1) is 23.6. The van der Waals surface area contributed by atoms with Crippen LogP contribution in [-0.2, 0) is 14.8 Å². The summed E-state index contributed by atoms with van der Waals surface area (Å²) in [4.78, 5) is 12.6. The molecule has 0 aromatic heterocycles. The highest BCUT2D eigenvalue weighted by atomic mass is 79.9. The first-order valence-corrected chi connectivity index (χ1v) is 12.4. The molecule has 0 bridgehead atoms. The van der Waals surface area contributed by atoms with Gasteiger partial charge in [-0.15, -0.1) is 0 Å². The van der Waals surface area contributed by atoms with E-state index >= 15 is 0 Å². The van der Waals surface area contributed by atoms with Gasteiger partial charge in [-0.05, 0) is 70.6 Å². The summed E-state index contributed by atoms with van der Waals surface area (Å²) < 4.78 is 38.8. The summed E-state index contributed by atoms with van der Waals surface area (Å²) in [5.74, 6) is 0.882. The third kappa shape index (κ3) is 5.58. The molecule has 1 aliphatic rings. The van der Waals surface area contributed by atoms with Crippen LogP contribution in [-0.4, -0.2) is 45.4 Å². The summed E-state index contributed by atoms with van der Waals surface area (Å²) in [6.07, 6.45) is 1.70. The van der Waals surface area contributed by atoms with E-state index in [0.717, 1.165) is 22.9 Å². The molecule has 7 nitrogen and oxygen atoms in total. The van der Waals surface area contributed by atoms with Crippen molar-refractivity contribution in [2.45, 2.75) is 37.5 Å². The van der Waals surface area contributed by atoms with E-state index in [1.54, 1.807) is 6.07 Å². The van der Waals surface area contributed by atoms with E-state index < -0.39 is 15.9 Å². The molecule has 0 radical (unpaired) electrons. The summed E-state index contributed by atoms with van der Waals surface area (Å²) in [5.41, 5.74) is 1.44. The Morgan fingerprint density at radius 3 is 2.42 bits per heavy atom. The molecule has 2 aromatic carbocycles. The lowest BCUT2D eigenvalue weighted by Crippen LogP contribution is -2.28. The van der Waals surface area contributed by atoms with Gasteiger partial charge in [-0.25, -0.2) is 8.42 Å². The molecule has 0 atom stereocenters. The molecule has 0 aliphatic carbocycles. The third-order valence-corrected chi connectivity index (χ3v) is 7.64. The average molecular weight is 511 g/mol. The topological polar surface area (TPSA) is 84.9 Å². The zero-order chi connectivity index (χ0) is 22.6. The first-order valence-electron chi connectivity index (χ1n) is 10.1. The van der Waals surface area contributed by atoms with Crippen molar-refractivity contribution in [2.24, 2.45) is 0 Å². The number of halogens is 1. The monoisotopic (exact) mass is 510 g/mol. The SMILES string of the molecule is COc1ccc(S(=O)(=O)N2CCCC2)cc1NC(=O)COc1ccc(C(C)C)cc1Br. The highest BCUT2D eigenvalue weighted by Gasteiger charge is 2.28. The molecule has 3 rings (SSSR count). The van der Waals surface area contributed by atoms with Crippen LogP contribution in [0.15, 0.2) is 45.8 Å². The lowest BCUT2D eigenvalue weighted by atomic mass is 10.0. The molecule has 0 unspecified atom stereocenters. The number of hydrogen-bond donors (Lipinski definition) is 1. The summed E-state index contributed by atoms with van der Waals surface area (Å²) in [6.45, 7) is 4.98. The standard InChI is InChI=1S/C22H27BrN2O5S/c1-15(2)16-6-8-20(18(23)12-16)30-14-22(26)24-19-13-17(7-9-21(19)29-3)31(27,28)25-10-4-5-11-25/h6-9,12-13,15H,4-5,10-11,14H2,1-3H3,(H,24,26). The number of methoxy groups -OCH3 is 1. The van der Waals surface area contributed by atoms with E-state index in [1.165, 1.54) is 23.5 Å². The van der Waals surface area contributed by atoms with Gasteiger partial charge in [0.25, 0.3) is 5.91 Å². The van der Waals surface area contributed by atoms with E-state index in [1.807, 2.05) is 18.2 Å². The maximum Gasteiger partial charge on any atom is 0.262 e. The first-order chi connectivity index (χ1) is 14.7. The van der Waals surface area contributed by atoms with E-state index in [9.17, 15) is 13.2 Å². The van der Waals surface area contributed by atoms with Gasteiger partial charge in [0.15, 0.2) is 6.61 Å². The van der Waals surface area contributed by atoms with Gasteiger partial charge in [0.05, 0.1) is 22.2 Å². The zero-order valence-electron chi connectivity index (χ0n) is 17.9. The number of benzene rings is 2. The Labute approximate surface area is 191 Å². The van der Waals surface area contributed by atoms with Gasteiger partial charge in [-0.2, -0.15) is 4.31 Å². The molecule has 1 aliphatic heterocycles. The number of hydrogen-bond acceptors (Lipinski definition) is 5. The smallest absolute Gasteiger partial charge is 0.262 e. The number of nitrogens with one attached hydrogen (secondary N) is 1. The Kier molecular flexibility index (Phi) is 7.61. The maximum absolute atomic E-state index is 12.8. The predicted molar refractivity (Wildman–Crippen MR) is 123 cm³/mol. The van der Waals surface area contributed by atoms with E-state index in [4.69, 9.17) is 9.47 Å². The Hall–Kier alpha value is -2.10. The largest absolute Gasteiger partial charge is 0.495 e. The zero-order valence-corrected chi connectivity index (χ0v) is 20.3. The lowest BCUT2D eigenvalue weighted by Gasteiger charge is -2.17.